The summed E-state index contributed by atoms with van der Waals surface area (Å²) >= 11 is 1.58. The third-order valence-electron chi connectivity index (χ3n) is 8.46. The van der Waals surface area contributed by atoms with Gasteiger partial charge in [-0.15, -0.1) is 11.3 Å². The Hall–Kier alpha value is -3.65. The van der Waals surface area contributed by atoms with Crippen LogP contribution in [0.3, 0.4) is 0 Å². The molecule has 3 rings (SSSR count). The average Bonchev–Trinajstić information content (AvgIpc) is 3.66. The fourth-order valence-corrected chi connectivity index (χ4v) is 6.43. The first-order valence-corrected chi connectivity index (χ1v) is 18.0. The lowest BCUT2D eigenvalue weighted by atomic mass is 9.85. The van der Waals surface area contributed by atoms with Gasteiger partial charge in [0.2, 0.25) is 23.6 Å². The summed E-state index contributed by atoms with van der Waals surface area (Å²) in [4.78, 5) is 57.7. The molecule has 2 heterocycles. The highest BCUT2D eigenvalue weighted by Crippen LogP contribution is 2.28. The molecule has 4 amide bonds. The number of aryl methyl sites for hydroxylation is 1. The summed E-state index contributed by atoms with van der Waals surface area (Å²) in [5.41, 5.74) is 15.2. The molecule has 1 aromatic carbocycles. The number of nitrogens with two attached hydrogens (primary N) is 2. The Labute approximate surface area is 294 Å². The fraction of sp³-hybridized carbons (Fsp3) is 0.583. The molecule has 0 saturated carbocycles. The van der Waals surface area contributed by atoms with Gasteiger partial charge in [0.1, 0.15) is 12.1 Å². The third kappa shape index (κ3) is 13.3. The second kappa shape index (κ2) is 19.5. The van der Waals surface area contributed by atoms with E-state index in [0.717, 1.165) is 41.0 Å². The van der Waals surface area contributed by atoms with Crippen LogP contribution < -0.4 is 22.1 Å². The normalized spacial score (nSPS) is 17.6. The number of carbonyl (C=O) groups excluding carboxylic acids is 4. The first-order chi connectivity index (χ1) is 23.3. The maximum atomic E-state index is 13.8. The van der Waals surface area contributed by atoms with Gasteiger partial charge in [-0.3, -0.25) is 19.2 Å². The number of primary amides is 1. The van der Waals surface area contributed by atoms with E-state index in [9.17, 15) is 24.3 Å². The number of ether oxygens (including phenoxy) is 1. The van der Waals surface area contributed by atoms with Crippen LogP contribution in [0.25, 0.3) is 10.4 Å². The third-order valence-corrected chi connectivity index (χ3v) is 9.44. The monoisotopic (exact) mass is 698 g/mol. The van der Waals surface area contributed by atoms with E-state index in [1.807, 2.05) is 69.6 Å². The van der Waals surface area contributed by atoms with E-state index in [4.69, 9.17) is 16.2 Å². The first-order valence-electron chi connectivity index (χ1n) is 17.1. The summed E-state index contributed by atoms with van der Waals surface area (Å²) in [6, 6.07) is 6.00. The summed E-state index contributed by atoms with van der Waals surface area (Å²) < 4.78 is 5.50. The molecule has 7 N–H and O–H groups in total. The minimum atomic E-state index is -0.852. The maximum Gasteiger partial charge on any atom is 0.246 e. The average molecular weight is 699 g/mol. The van der Waals surface area contributed by atoms with Crippen molar-refractivity contribution in [3.05, 3.63) is 53.2 Å². The van der Waals surface area contributed by atoms with Crippen LogP contribution in [-0.4, -0.2) is 82.6 Å². The van der Waals surface area contributed by atoms with Crippen molar-refractivity contribution in [1.82, 2.24) is 20.5 Å². The molecule has 0 bridgehead atoms. The molecule has 0 radical (unpaired) electrons. The second-order valence-electron chi connectivity index (χ2n) is 13.8. The van der Waals surface area contributed by atoms with Crippen molar-refractivity contribution in [2.75, 3.05) is 19.8 Å². The molecule has 1 aliphatic heterocycles. The van der Waals surface area contributed by atoms with Crippen LogP contribution in [0.15, 0.2) is 41.9 Å². The molecular formula is C36H54N6O6S. The number of carbonyl (C=O) groups is 4. The highest BCUT2D eigenvalue weighted by Gasteiger charge is 2.44. The van der Waals surface area contributed by atoms with Gasteiger partial charge >= 0.3 is 0 Å². The maximum absolute atomic E-state index is 13.8. The molecule has 1 fully saturated rings. The number of amides is 4. The van der Waals surface area contributed by atoms with Gasteiger partial charge < -0.3 is 36.8 Å². The molecule has 1 aliphatic rings. The SMILES string of the molecule is Cc1ncsc1-c1ccc(CNC(=O)C2CC(O)CN2C(=O)C(NC(=O)CCCCCC=CCOCC(N)CCC(N)=O)C(C)(C)C)cc1. The zero-order valence-corrected chi connectivity index (χ0v) is 30.1. The number of allylic oxidation sites excluding steroid dienone is 1. The molecular weight excluding hydrogens is 644 g/mol. The van der Waals surface area contributed by atoms with Crippen molar-refractivity contribution < 1.29 is 29.0 Å². The number of hydrogen-bond donors (Lipinski definition) is 5. The second-order valence-corrected chi connectivity index (χ2v) is 14.7. The molecule has 1 aromatic heterocycles. The number of likely N-dealkylation sites (tertiary alicyclic amines) is 1. The van der Waals surface area contributed by atoms with Crippen molar-refractivity contribution in [1.29, 1.82) is 0 Å². The first kappa shape index (κ1) is 39.8. The summed E-state index contributed by atoms with van der Waals surface area (Å²) in [5, 5.41) is 16.3. The Bertz CT molecular complexity index is 1410. The number of aliphatic hydroxyl groups excluding tert-OH is 1. The number of aromatic nitrogens is 1. The Kier molecular flexibility index (Phi) is 15.8. The van der Waals surface area contributed by atoms with Gasteiger partial charge in [0, 0.05) is 38.4 Å². The molecule has 270 valence electrons. The Morgan fingerprint density at radius 1 is 1.12 bits per heavy atom. The molecule has 49 heavy (non-hydrogen) atoms. The number of benzene rings is 1. The lowest BCUT2D eigenvalue weighted by Crippen LogP contribution is -2.57. The van der Waals surface area contributed by atoms with Gasteiger partial charge in [0.05, 0.1) is 35.4 Å². The highest BCUT2D eigenvalue weighted by atomic mass is 32.1. The van der Waals surface area contributed by atoms with Gasteiger partial charge in [0.15, 0.2) is 0 Å². The zero-order chi connectivity index (χ0) is 36.0. The Morgan fingerprint density at radius 2 is 1.86 bits per heavy atom. The number of hydrogen-bond acceptors (Lipinski definition) is 9. The van der Waals surface area contributed by atoms with Gasteiger partial charge in [-0.2, -0.15) is 0 Å². The number of thiazole rings is 1. The van der Waals surface area contributed by atoms with E-state index in [1.165, 1.54) is 4.90 Å². The van der Waals surface area contributed by atoms with E-state index in [2.05, 4.69) is 15.6 Å². The van der Waals surface area contributed by atoms with Crippen LogP contribution in [0.4, 0.5) is 0 Å². The zero-order valence-electron chi connectivity index (χ0n) is 29.3. The van der Waals surface area contributed by atoms with Crippen LogP contribution in [0.1, 0.15) is 83.4 Å². The van der Waals surface area contributed by atoms with Crippen molar-refractivity contribution in [2.45, 2.75) is 110 Å². The summed E-state index contributed by atoms with van der Waals surface area (Å²) in [5.74, 6) is -1.30. The van der Waals surface area contributed by atoms with Gasteiger partial charge in [-0.05, 0) is 49.1 Å². The number of β-amino-alcohol motifs (C(OH)–C–C–N with tert-alkyl or cyclic N) is 1. The predicted molar refractivity (Wildman–Crippen MR) is 191 cm³/mol. The highest BCUT2D eigenvalue weighted by molar-refractivity contribution is 7.13. The molecule has 1 saturated heterocycles. The van der Waals surface area contributed by atoms with Gasteiger partial charge in [-0.1, -0.05) is 63.6 Å². The molecule has 0 spiro atoms. The minimum Gasteiger partial charge on any atom is -0.391 e. The molecule has 4 atom stereocenters. The Balaban J connectivity index is 1.43. The van der Waals surface area contributed by atoms with Crippen LogP contribution >= 0.6 is 11.3 Å². The van der Waals surface area contributed by atoms with Gasteiger partial charge in [0.25, 0.3) is 0 Å². The van der Waals surface area contributed by atoms with E-state index in [0.29, 0.717) is 26.1 Å². The van der Waals surface area contributed by atoms with E-state index >= 15 is 0 Å². The smallest absolute Gasteiger partial charge is 0.246 e. The number of aliphatic hydroxyl groups is 1. The molecule has 2 aromatic rings. The Morgan fingerprint density at radius 3 is 2.51 bits per heavy atom. The van der Waals surface area contributed by atoms with Crippen LogP contribution in [0.5, 0.6) is 0 Å². The summed E-state index contributed by atoms with van der Waals surface area (Å²) in [6.07, 6.45) is 7.57. The lowest BCUT2D eigenvalue weighted by Gasteiger charge is -2.35. The minimum absolute atomic E-state index is 0.0307. The van der Waals surface area contributed by atoms with Gasteiger partial charge in [-0.25, -0.2) is 4.98 Å². The van der Waals surface area contributed by atoms with E-state index in [-0.39, 0.29) is 62.0 Å². The number of nitrogens with one attached hydrogen (secondary N) is 2. The number of nitrogens with zero attached hydrogens (tertiary/aromatic N) is 2. The van der Waals surface area contributed by atoms with E-state index < -0.39 is 23.6 Å². The molecule has 4 unspecified atom stereocenters. The van der Waals surface area contributed by atoms with Crippen molar-refractivity contribution >= 4 is 35.0 Å². The van der Waals surface area contributed by atoms with E-state index in [1.54, 1.807) is 11.3 Å². The quantitative estimate of drug-likeness (QED) is 0.109. The van der Waals surface area contributed by atoms with Crippen LogP contribution in [0, 0.1) is 12.3 Å². The molecule has 0 aliphatic carbocycles. The topological polar surface area (TPSA) is 190 Å². The standard InChI is InChI=1S/C36H54N6O6S/c1-24-32(49-23-40-24)26-14-12-25(13-15-26)20-39-34(46)29-19-28(43)21-42(29)35(47)33(36(2,3)4)41-31(45)11-9-7-5-6-8-10-18-48-22-27(37)16-17-30(38)44/h8,10,12-15,23,27-29,33,43H,5-7,9,11,16-22,37H2,1-4H3,(H2,38,44)(H,39,46)(H,41,45). The summed E-state index contributed by atoms with van der Waals surface area (Å²) in [6.45, 7) is 8.71. The number of rotatable bonds is 19. The molecule has 12 nitrogen and oxygen atoms in total. The van der Waals surface area contributed by atoms with Crippen molar-refractivity contribution in [3.63, 3.8) is 0 Å². The summed E-state index contributed by atoms with van der Waals surface area (Å²) in [7, 11) is 0. The van der Waals surface area contributed by atoms with Crippen molar-refractivity contribution in [2.24, 2.45) is 16.9 Å². The van der Waals surface area contributed by atoms with Crippen LogP contribution in [0.2, 0.25) is 0 Å². The fourth-order valence-electron chi connectivity index (χ4n) is 5.62. The van der Waals surface area contributed by atoms with Crippen LogP contribution in [-0.2, 0) is 30.5 Å². The molecule has 13 heteroatoms. The number of unbranched alkanes of at least 4 members (excludes halogenated alkanes) is 3. The predicted octanol–water partition coefficient (Wildman–Crippen LogP) is 3.34. The lowest BCUT2D eigenvalue weighted by molar-refractivity contribution is -0.144. The largest absolute Gasteiger partial charge is 0.391 e. The van der Waals surface area contributed by atoms with Crippen molar-refractivity contribution in [3.8, 4) is 10.4 Å².